The summed E-state index contributed by atoms with van der Waals surface area (Å²) in [5, 5.41) is 7.53. The molecule has 0 saturated heterocycles. The molecule has 3 atom stereocenters. The Morgan fingerprint density at radius 3 is 2.77 bits per heavy atom. The lowest BCUT2D eigenvalue weighted by Gasteiger charge is -2.46. The highest BCUT2D eigenvalue weighted by atomic mass is 19.4. The number of nitrogens with one attached hydrogen (secondary N) is 2. The van der Waals surface area contributed by atoms with E-state index < -0.39 is 11.7 Å². The monoisotopic (exact) mass is 555 g/mol. The van der Waals surface area contributed by atoms with Crippen LogP contribution in [0.2, 0.25) is 0 Å². The van der Waals surface area contributed by atoms with Crippen LogP contribution in [0, 0.1) is 18.3 Å². The molecule has 2 aliphatic rings. The number of alkyl halides is 3. The SMILES string of the molecule is COC(=O)C12CCCC(CC(NCCCOc3cc(Nc4cc(C)nc5ccccc45)cc(C(F)(F)F)c3)C1)C2. The summed E-state index contributed by atoms with van der Waals surface area (Å²) in [5.74, 6) is 0.577. The van der Waals surface area contributed by atoms with E-state index in [1.165, 1.54) is 7.11 Å². The number of nitrogens with zero attached hydrogens (tertiary/aromatic N) is 1. The van der Waals surface area contributed by atoms with Crippen LogP contribution in [0.4, 0.5) is 24.5 Å². The number of halogens is 3. The smallest absolute Gasteiger partial charge is 0.416 e. The van der Waals surface area contributed by atoms with E-state index in [1.54, 1.807) is 6.07 Å². The van der Waals surface area contributed by atoms with Gasteiger partial charge in [0, 0.05) is 34.6 Å². The molecule has 0 aliphatic heterocycles. The number of aromatic nitrogens is 1. The molecule has 0 amide bonds. The van der Waals surface area contributed by atoms with Crippen LogP contribution in [0.15, 0.2) is 48.5 Å². The summed E-state index contributed by atoms with van der Waals surface area (Å²) >= 11 is 0. The number of ether oxygens (including phenoxy) is 2. The van der Waals surface area contributed by atoms with Crippen molar-refractivity contribution in [3.63, 3.8) is 0 Å². The van der Waals surface area contributed by atoms with Gasteiger partial charge in [0.25, 0.3) is 0 Å². The van der Waals surface area contributed by atoms with Crippen molar-refractivity contribution >= 4 is 28.2 Å². The van der Waals surface area contributed by atoms with Gasteiger partial charge in [0.2, 0.25) is 0 Å². The molecule has 40 heavy (non-hydrogen) atoms. The number of anilines is 2. The second-order valence-corrected chi connectivity index (χ2v) is 11.2. The molecule has 2 bridgehead atoms. The fourth-order valence-corrected chi connectivity index (χ4v) is 6.52. The highest BCUT2D eigenvalue weighted by Gasteiger charge is 2.48. The van der Waals surface area contributed by atoms with Crippen LogP contribution in [0.1, 0.15) is 56.2 Å². The number of aryl methyl sites for hydroxylation is 1. The van der Waals surface area contributed by atoms with Gasteiger partial charge >= 0.3 is 12.1 Å². The number of carbonyl (C=O) groups is 1. The summed E-state index contributed by atoms with van der Waals surface area (Å²) in [7, 11) is 1.46. The standard InChI is InChI=1S/C31H36F3N3O3/c1-20-13-28(26-8-3-4-9-27(26)36-20)37-23-15-22(31(32,33)34)16-25(17-23)40-12-6-11-35-24-14-21-7-5-10-30(18-21,19-24)29(38)39-2/h3-4,8-9,13,15-17,21,24,35H,5-7,10-12,14,18-19H2,1-2H3,(H,36,37). The molecule has 3 aromatic rings. The molecular weight excluding hydrogens is 519 g/mol. The molecule has 214 valence electrons. The third-order valence-electron chi connectivity index (χ3n) is 8.20. The Hall–Kier alpha value is -3.33. The van der Waals surface area contributed by atoms with E-state index >= 15 is 0 Å². The second-order valence-electron chi connectivity index (χ2n) is 11.2. The minimum absolute atomic E-state index is 0.101. The highest BCUT2D eigenvalue weighted by molar-refractivity contribution is 5.93. The molecule has 6 nitrogen and oxygen atoms in total. The predicted octanol–water partition coefficient (Wildman–Crippen LogP) is 7.18. The minimum Gasteiger partial charge on any atom is -0.493 e. The van der Waals surface area contributed by atoms with E-state index in [-0.39, 0.29) is 29.8 Å². The fraction of sp³-hybridized carbons (Fsp3) is 0.484. The Morgan fingerprint density at radius 2 is 1.98 bits per heavy atom. The third kappa shape index (κ3) is 6.35. The number of para-hydroxylation sites is 1. The average Bonchev–Trinajstić information content (AvgIpc) is 2.91. The number of rotatable bonds is 9. The molecule has 2 N–H and O–H groups in total. The number of benzene rings is 2. The number of hydrogen-bond donors (Lipinski definition) is 2. The molecule has 0 spiro atoms. The van der Waals surface area contributed by atoms with Gasteiger partial charge in [-0.25, -0.2) is 0 Å². The van der Waals surface area contributed by atoms with Crippen molar-refractivity contribution in [1.82, 2.24) is 10.3 Å². The maximum absolute atomic E-state index is 13.7. The Kier molecular flexibility index (Phi) is 8.21. The summed E-state index contributed by atoms with van der Waals surface area (Å²) in [6.07, 6.45) is 1.89. The number of hydrogen-bond acceptors (Lipinski definition) is 6. The van der Waals surface area contributed by atoms with E-state index in [0.717, 1.165) is 67.3 Å². The lowest BCUT2D eigenvalue weighted by molar-refractivity contribution is -0.159. The lowest BCUT2D eigenvalue weighted by atomic mass is 9.60. The van der Waals surface area contributed by atoms with Gasteiger partial charge in [-0.05, 0) is 75.8 Å². The van der Waals surface area contributed by atoms with Gasteiger partial charge in [0.05, 0.1) is 30.2 Å². The van der Waals surface area contributed by atoms with Crippen LogP contribution in [0.25, 0.3) is 10.9 Å². The Morgan fingerprint density at radius 1 is 1.15 bits per heavy atom. The topological polar surface area (TPSA) is 72.5 Å². The number of esters is 1. The summed E-state index contributed by atoms with van der Waals surface area (Å²) in [6, 6.07) is 13.3. The quantitative estimate of drug-likeness (QED) is 0.215. The molecule has 2 fully saturated rings. The first-order valence-corrected chi connectivity index (χ1v) is 14.0. The average molecular weight is 556 g/mol. The summed E-state index contributed by atoms with van der Waals surface area (Å²) < 4.78 is 52.1. The fourth-order valence-electron chi connectivity index (χ4n) is 6.52. The van der Waals surface area contributed by atoms with Crippen LogP contribution >= 0.6 is 0 Å². The maximum atomic E-state index is 13.7. The first-order chi connectivity index (χ1) is 19.1. The Labute approximate surface area is 232 Å². The van der Waals surface area contributed by atoms with Gasteiger partial charge < -0.3 is 20.1 Å². The van der Waals surface area contributed by atoms with Crippen LogP contribution in [0.5, 0.6) is 5.75 Å². The predicted molar refractivity (Wildman–Crippen MR) is 149 cm³/mol. The van der Waals surface area contributed by atoms with Crippen LogP contribution in [0.3, 0.4) is 0 Å². The number of methoxy groups -OCH3 is 1. The van der Waals surface area contributed by atoms with E-state index in [1.807, 2.05) is 37.3 Å². The molecule has 5 rings (SSSR count). The number of pyridine rings is 1. The first-order valence-electron chi connectivity index (χ1n) is 14.0. The van der Waals surface area contributed by atoms with Gasteiger partial charge in [-0.3, -0.25) is 9.78 Å². The summed E-state index contributed by atoms with van der Waals surface area (Å²) in [6.45, 7) is 2.77. The zero-order valence-corrected chi connectivity index (χ0v) is 22.9. The zero-order chi connectivity index (χ0) is 28.3. The normalized spacial score (nSPS) is 22.6. The van der Waals surface area contributed by atoms with Crippen molar-refractivity contribution in [1.29, 1.82) is 0 Å². The molecule has 0 radical (unpaired) electrons. The van der Waals surface area contributed by atoms with E-state index in [9.17, 15) is 18.0 Å². The Bertz CT molecular complexity index is 1360. The molecule has 1 heterocycles. The van der Waals surface area contributed by atoms with Crippen molar-refractivity contribution in [2.24, 2.45) is 11.3 Å². The number of fused-ring (bicyclic) bond motifs is 3. The van der Waals surface area contributed by atoms with Crippen LogP contribution in [-0.4, -0.2) is 37.3 Å². The number of carbonyl (C=O) groups excluding carboxylic acids is 1. The molecule has 3 unspecified atom stereocenters. The van der Waals surface area contributed by atoms with Crippen LogP contribution < -0.4 is 15.4 Å². The van der Waals surface area contributed by atoms with Gasteiger partial charge in [-0.2, -0.15) is 13.2 Å². The third-order valence-corrected chi connectivity index (χ3v) is 8.20. The maximum Gasteiger partial charge on any atom is 0.416 e. The van der Waals surface area contributed by atoms with E-state index in [4.69, 9.17) is 9.47 Å². The lowest BCUT2D eigenvalue weighted by Crippen LogP contribution is -2.49. The van der Waals surface area contributed by atoms with Gasteiger partial charge in [0.1, 0.15) is 5.75 Å². The molecule has 9 heteroatoms. The van der Waals surface area contributed by atoms with Crippen LogP contribution in [-0.2, 0) is 15.7 Å². The zero-order valence-electron chi connectivity index (χ0n) is 22.9. The Balaban J connectivity index is 1.22. The molecule has 2 aromatic carbocycles. The molecule has 1 aromatic heterocycles. The minimum atomic E-state index is -4.51. The second kappa shape index (κ2) is 11.6. The van der Waals surface area contributed by atoms with Gasteiger partial charge in [-0.1, -0.05) is 31.0 Å². The van der Waals surface area contributed by atoms with Crippen molar-refractivity contribution in [2.45, 2.75) is 64.1 Å². The summed E-state index contributed by atoms with van der Waals surface area (Å²) in [5.41, 5.74) is 1.34. The van der Waals surface area contributed by atoms with Gasteiger partial charge in [0.15, 0.2) is 0 Å². The molecular formula is C31H36F3N3O3. The molecule has 2 saturated carbocycles. The highest BCUT2D eigenvalue weighted by Crippen LogP contribution is 2.49. The van der Waals surface area contributed by atoms with Crippen molar-refractivity contribution in [2.75, 3.05) is 25.6 Å². The van der Waals surface area contributed by atoms with Crippen molar-refractivity contribution in [3.8, 4) is 5.75 Å². The van der Waals surface area contributed by atoms with E-state index in [2.05, 4.69) is 15.6 Å². The van der Waals surface area contributed by atoms with Crippen molar-refractivity contribution in [3.05, 3.63) is 59.8 Å². The van der Waals surface area contributed by atoms with E-state index in [0.29, 0.717) is 30.3 Å². The largest absolute Gasteiger partial charge is 0.493 e. The van der Waals surface area contributed by atoms with Gasteiger partial charge in [-0.15, -0.1) is 0 Å². The molecule has 2 aliphatic carbocycles. The van der Waals surface area contributed by atoms with Crippen molar-refractivity contribution < 1.29 is 27.4 Å². The summed E-state index contributed by atoms with van der Waals surface area (Å²) in [4.78, 5) is 17.0. The first kappa shape index (κ1) is 28.2.